The highest BCUT2D eigenvalue weighted by Crippen LogP contribution is 2.36. The van der Waals surface area contributed by atoms with Crippen LogP contribution in [-0.4, -0.2) is 56.7 Å². The SMILES string of the molecule is Nc1ncnc2c1ncn2[C@@H]1OC(=C(OC(=O)c2ccccc2)S(=O)O)[C@@H](O)[C@H]1O. The third kappa shape index (κ3) is 3.39. The summed E-state index contributed by atoms with van der Waals surface area (Å²) in [6.45, 7) is 0. The highest BCUT2D eigenvalue weighted by Gasteiger charge is 2.45. The van der Waals surface area contributed by atoms with Crippen LogP contribution >= 0.6 is 0 Å². The van der Waals surface area contributed by atoms with Gasteiger partial charge < -0.3 is 25.4 Å². The van der Waals surface area contributed by atoms with Gasteiger partial charge in [-0.15, -0.1) is 0 Å². The lowest BCUT2D eigenvalue weighted by Crippen LogP contribution is -2.28. The Balaban J connectivity index is 1.70. The Morgan fingerprint density at radius 2 is 1.93 bits per heavy atom. The van der Waals surface area contributed by atoms with Crippen LogP contribution in [0.15, 0.2) is 53.8 Å². The van der Waals surface area contributed by atoms with Crippen molar-refractivity contribution < 1.29 is 33.2 Å². The quantitative estimate of drug-likeness (QED) is 0.245. The topological polar surface area (TPSA) is 183 Å². The molecule has 30 heavy (non-hydrogen) atoms. The van der Waals surface area contributed by atoms with Gasteiger partial charge in [0, 0.05) is 0 Å². The van der Waals surface area contributed by atoms with Crippen LogP contribution in [0.25, 0.3) is 11.2 Å². The smallest absolute Gasteiger partial charge is 0.344 e. The lowest BCUT2D eigenvalue weighted by atomic mass is 10.2. The summed E-state index contributed by atoms with van der Waals surface area (Å²) in [5.74, 6) is -1.42. The monoisotopic (exact) mass is 433 g/mol. The average Bonchev–Trinajstić information content (AvgIpc) is 3.29. The van der Waals surface area contributed by atoms with Crippen molar-refractivity contribution in [2.75, 3.05) is 5.73 Å². The Morgan fingerprint density at radius 1 is 1.20 bits per heavy atom. The molecule has 156 valence electrons. The highest BCUT2D eigenvalue weighted by molar-refractivity contribution is 7.83. The van der Waals surface area contributed by atoms with Crippen LogP contribution < -0.4 is 5.73 Å². The Kier molecular flexibility index (Phi) is 5.17. The van der Waals surface area contributed by atoms with Crippen molar-refractivity contribution >= 4 is 34.0 Å². The van der Waals surface area contributed by atoms with Gasteiger partial charge in [-0.25, -0.2) is 24.0 Å². The molecule has 3 aromatic rings. The minimum atomic E-state index is -2.85. The van der Waals surface area contributed by atoms with Crippen LogP contribution in [0.4, 0.5) is 5.82 Å². The summed E-state index contributed by atoms with van der Waals surface area (Å²) in [4.78, 5) is 24.2. The second-order valence-electron chi connectivity index (χ2n) is 6.18. The molecule has 0 radical (unpaired) electrons. The molecular weight excluding hydrogens is 418 g/mol. The van der Waals surface area contributed by atoms with E-state index in [4.69, 9.17) is 15.2 Å². The number of benzene rings is 1. The first kappa shape index (κ1) is 19.9. The summed E-state index contributed by atoms with van der Waals surface area (Å²) in [5, 5.41) is 20.0. The van der Waals surface area contributed by atoms with Crippen molar-refractivity contribution in [1.29, 1.82) is 0 Å². The normalized spacial score (nSPS) is 23.8. The molecule has 3 heterocycles. The number of carbonyl (C=O) groups excluding carboxylic acids is 1. The predicted molar refractivity (Wildman–Crippen MR) is 102 cm³/mol. The molecule has 1 unspecified atom stereocenters. The number of aliphatic hydroxyl groups excluding tert-OH is 2. The number of nitrogens with zero attached hydrogens (tertiary/aromatic N) is 4. The van der Waals surface area contributed by atoms with E-state index in [1.165, 1.54) is 29.4 Å². The Labute approximate surface area is 170 Å². The number of rotatable bonds is 4. The molecule has 1 aromatic carbocycles. The van der Waals surface area contributed by atoms with Crippen molar-refractivity contribution in [3.8, 4) is 0 Å². The van der Waals surface area contributed by atoms with Crippen LogP contribution in [0, 0.1) is 0 Å². The molecule has 0 aliphatic carbocycles. The predicted octanol–water partition coefficient (Wildman–Crippen LogP) is -0.0931. The lowest BCUT2D eigenvalue weighted by molar-refractivity contribution is -0.0123. The van der Waals surface area contributed by atoms with E-state index >= 15 is 0 Å². The van der Waals surface area contributed by atoms with Gasteiger partial charge in [0.25, 0.3) is 5.09 Å². The van der Waals surface area contributed by atoms with Crippen LogP contribution in [-0.2, 0) is 20.6 Å². The molecule has 1 aliphatic rings. The van der Waals surface area contributed by atoms with E-state index in [0.717, 1.165) is 0 Å². The van der Waals surface area contributed by atoms with E-state index in [1.54, 1.807) is 18.2 Å². The number of ether oxygens (including phenoxy) is 2. The van der Waals surface area contributed by atoms with Gasteiger partial charge in [-0.1, -0.05) is 18.2 Å². The molecule has 1 aliphatic heterocycles. The molecule has 2 aromatic heterocycles. The molecule has 0 saturated carbocycles. The first-order chi connectivity index (χ1) is 14.4. The Morgan fingerprint density at radius 3 is 2.63 bits per heavy atom. The van der Waals surface area contributed by atoms with Crippen LogP contribution in [0.2, 0.25) is 0 Å². The number of carbonyl (C=O) groups is 1. The van der Waals surface area contributed by atoms with Crippen molar-refractivity contribution in [3.63, 3.8) is 0 Å². The lowest BCUT2D eigenvalue weighted by Gasteiger charge is -2.16. The number of fused-ring (bicyclic) bond motifs is 1. The van der Waals surface area contributed by atoms with Gasteiger partial charge in [0.2, 0.25) is 17.3 Å². The fourth-order valence-electron chi connectivity index (χ4n) is 2.92. The van der Waals surface area contributed by atoms with E-state index in [1.807, 2.05) is 0 Å². The van der Waals surface area contributed by atoms with Gasteiger partial charge in [-0.05, 0) is 12.1 Å². The maximum atomic E-state index is 12.3. The second kappa shape index (κ2) is 7.79. The minimum Gasteiger partial charge on any atom is -0.464 e. The summed E-state index contributed by atoms with van der Waals surface area (Å²) in [6, 6.07) is 7.72. The van der Waals surface area contributed by atoms with Gasteiger partial charge in [-0.3, -0.25) is 9.12 Å². The van der Waals surface area contributed by atoms with Gasteiger partial charge in [0.05, 0.1) is 5.56 Å². The highest BCUT2D eigenvalue weighted by atomic mass is 32.2. The van der Waals surface area contributed by atoms with Crippen LogP contribution in [0.3, 0.4) is 0 Å². The van der Waals surface area contributed by atoms with Gasteiger partial charge in [-0.2, -0.15) is 0 Å². The van der Waals surface area contributed by atoms with Crippen molar-refractivity contribution in [2.45, 2.75) is 18.4 Å². The zero-order valence-corrected chi connectivity index (χ0v) is 15.8. The van der Waals surface area contributed by atoms with Crippen molar-refractivity contribution in [2.24, 2.45) is 0 Å². The molecule has 12 nitrogen and oxygen atoms in total. The first-order valence-electron chi connectivity index (χ1n) is 8.46. The van der Waals surface area contributed by atoms with E-state index in [0.29, 0.717) is 0 Å². The fourth-order valence-corrected chi connectivity index (χ4v) is 3.40. The fraction of sp³-hybridized carbons (Fsp3) is 0.176. The maximum absolute atomic E-state index is 12.3. The second-order valence-corrected chi connectivity index (χ2v) is 7.05. The van der Waals surface area contributed by atoms with Gasteiger partial charge >= 0.3 is 5.97 Å². The van der Waals surface area contributed by atoms with E-state index in [9.17, 15) is 23.8 Å². The Hall–Kier alpha value is -3.39. The molecule has 1 saturated heterocycles. The number of nitrogen functional groups attached to an aromatic ring is 1. The van der Waals surface area contributed by atoms with Gasteiger partial charge in [0.15, 0.2) is 17.2 Å². The largest absolute Gasteiger partial charge is 0.464 e. The molecule has 4 rings (SSSR count). The molecule has 5 N–H and O–H groups in total. The summed E-state index contributed by atoms with van der Waals surface area (Å²) in [7, 11) is 0. The van der Waals surface area contributed by atoms with Crippen molar-refractivity contribution in [1.82, 2.24) is 19.5 Å². The molecule has 13 heteroatoms. The molecular formula is C17H15N5O7S. The number of nitrogens with two attached hydrogens (primary N) is 1. The standard InChI is InChI=1S/C17H15N5O7S/c18-13-9-14(20-6-19-13)22(7-21-9)15-11(24)10(23)12(28-15)17(30(26)27)29-16(25)8-4-2-1-3-5-8/h1-7,10-11,15,23-24H,(H,26,27)(H2,18,19,20)/t10-,11+,15+/m0/s1. The number of aromatic nitrogens is 4. The van der Waals surface area contributed by atoms with Crippen LogP contribution in [0.5, 0.6) is 0 Å². The number of aliphatic hydroxyl groups is 2. The summed E-state index contributed by atoms with van der Waals surface area (Å²) in [6.07, 6.45) is -2.21. The summed E-state index contributed by atoms with van der Waals surface area (Å²) < 4.78 is 33.2. The molecule has 0 bridgehead atoms. The number of esters is 1. The minimum absolute atomic E-state index is 0.0940. The van der Waals surface area contributed by atoms with Crippen molar-refractivity contribution in [3.05, 3.63) is 59.4 Å². The number of imidazole rings is 1. The number of hydrogen-bond acceptors (Lipinski definition) is 10. The zero-order valence-electron chi connectivity index (χ0n) is 15.0. The molecule has 0 spiro atoms. The van der Waals surface area contributed by atoms with E-state index in [2.05, 4.69) is 15.0 Å². The first-order valence-corrected chi connectivity index (χ1v) is 9.57. The zero-order chi connectivity index (χ0) is 21.4. The number of hydrogen-bond donors (Lipinski definition) is 4. The van der Waals surface area contributed by atoms with Crippen LogP contribution in [0.1, 0.15) is 16.6 Å². The Bertz CT molecular complexity index is 1170. The third-order valence-corrected chi connectivity index (χ3v) is 4.95. The summed E-state index contributed by atoms with van der Waals surface area (Å²) in [5.41, 5.74) is 6.28. The molecule has 0 amide bonds. The number of anilines is 1. The molecule has 1 fully saturated rings. The van der Waals surface area contributed by atoms with E-state index in [-0.39, 0.29) is 22.5 Å². The van der Waals surface area contributed by atoms with E-state index < -0.39 is 46.3 Å². The average molecular weight is 433 g/mol. The molecule has 4 atom stereocenters. The summed E-state index contributed by atoms with van der Waals surface area (Å²) >= 11 is -2.85. The maximum Gasteiger partial charge on any atom is 0.344 e. The third-order valence-electron chi connectivity index (χ3n) is 4.35. The van der Waals surface area contributed by atoms with Gasteiger partial charge in [0.1, 0.15) is 30.4 Å².